The Kier molecular flexibility index (Phi) is 6.02. The second-order valence-corrected chi connectivity index (χ2v) is 8.71. The number of nitrogens with zero attached hydrogens (tertiary/aromatic N) is 8. The maximum Gasteiger partial charge on any atom is 0.257 e. The second kappa shape index (κ2) is 9.26. The van der Waals surface area contributed by atoms with Crippen LogP contribution in [0.5, 0.6) is 0 Å². The molecule has 1 fully saturated rings. The van der Waals surface area contributed by atoms with E-state index in [2.05, 4.69) is 25.5 Å². The number of anilines is 1. The number of aromatic nitrogens is 6. The van der Waals surface area contributed by atoms with E-state index >= 15 is 0 Å². The molecule has 34 heavy (non-hydrogen) atoms. The van der Waals surface area contributed by atoms with E-state index in [1.54, 1.807) is 4.68 Å². The van der Waals surface area contributed by atoms with Crippen molar-refractivity contribution in [2.75, 3.05) is 31.1 Å². The van der Waals surface area contributed by atoms with Crippen LogP contribution in [-0.2, 0) is 6.54 Å². The third kappa shape index (κ3) is 4.14. The SMILES string of the molecule is Cc1nn(Cc2ccccc2Cl)c(C)c1C(=O)N1CCN(c2nnnn2-c2ccccc2)CC1. The van der Waals surface area contributed by atoms with E-state index in [1.807, 2.05) is 78.0 Å². The van der Waals surface area contributed by atoms with E-state index in [4.69, 9.17) is 11.6 Å². The summed E-state index contributed by atoms with van der Waals surface area (Å²) in [7, 11) is 0. The van der Waals surface area contributed by atoms with Gasteiger partial charge in [-0.1, -0.05) is 53.1 Å². The lowest BCUT2D eigenvalue weighted by atomic mass is 10.1. The fourth-order valence-electron chi connectivity index (χ4n) is 4.33. The molecular weight excluding hydrogens is 452 g/mol. The molecule has 9 nitrogen and oxygen atoms in total. The minimum atomic E-state index is 0.00251. The minimum absolute atomic E-state index is 0.00251. The Morgan fingerprint density at radius 3 is 2.41 bits per heavy atom. The molecule has 5 rings (SSSR count). The van der Waals surface area contributed by atoms with Gasteiger partial charge in [-0.2, -0.15) is 9.78 Å². The molecular formula is C24H25ClN8O. The maximum atomic E-state index is 13.4. The highest BCUT2D eigenvalue weighted by atomic mass is 35.5. The van der Waals surface area contributed by atoms with Gasteiger partial charge >= 0.3 is 0 Å². The van der Waals surface area contributed by atoms with Crippen molar-refractivity contribution in [1.82, 2.24) is 34.9 Å². The lowest BCUT2D eigenvalue weighted by Gasteiger charge is -2.34. The third-order valence-electron chi connectivity index (χ3n) is 6.18. The van der Waals surface area contributed by atoms with E-state index in [0.717, 1.165) is 22.6 Å². The second-order valence-electron chi connectivity index (χ2n) is 8.30. The summed E-state index contributed by atoms with van der Waals surface area (Å²) in [5.74, 6) is 0.681. The minimum Gasteiger partial charge on any atom is -0.336 e. The predicted octanol–water partition coefficient (Wildman–Crippen LogP) is 3.14. The molecule has 0 atom stereocenters. The van der Waals surface area contributed by atoms with Crippen LogP contribution >= 0.6 is 11.6 Å². The third-order valence-corrected chi connectivity index (χ3v) is 6.55. The van der Waals surface area contributed by atoms with Gasteiger partial charge < -0.3 is 9.80 Å². The molecule has 4 aromatic rings. The molecule has 0 saturated carbocycles. The molecule has 0 bridgehead atoms. The number of halogens is 1. The molecule has 10 heteroatoms. The Bertz CT molecular complexity index is 1310. The molecule has 1 aliphatic heterocycles. The highest BCUT2D eigenvalue weighted by Crippen LogP contribution is 2.22. The van der Waals surface area contributed by atoms with Gasteiger partial charge in [0.2, 0.25) is 5.95 Å². The highest BCUT2D eigenvalue weighted by molar-refractivity contribution is 6.31. The number of para-hydroxylation sites is 1. The predicted molar refractivity (Wildman–Crippen MR) is 130 cm³/mol. The van der Waals surface area contributed by atoms with Crippen molar-refractivity contribution in [1.29, 1.82) is 0 Å². The molecule has 0 radical (unpaired) electrons. The van der Waals surface area contributed by atoms with Gasteiger partial charge in [-0.3, -0.25) is 9.48 Å². The molecule has 0 spiro atoms. The van der Waals surface area contributed by atoms with E-state index < -0.39 is 0 Å². The molecule has 1 aliphatic rings. The number of hydrogen-bond acceptors (Lipinski definition) is 6. The molecule has 2 aromatic heterocycles. The Morgan fingerprint density at radius 2 is 1.68 bits per heavy atom. The van der Waals surface area contributed by atoms with Gasteiger partial charge in [0.25, 0.3) is 5.91 Å². The fourth-order valence-corrected chi connectivity index (χ4v) is 4.53. The van der Waals surface area contributed by atoms with Crippen LogP contribution < -0.4 is 4.90 Å². The monoisotopic (exact) mass is 476 g/mol. The van der Waals surface area contributed by atoms with E-state index in [1.165, 1.54) is 0 Å². The van der Waals surface area contributed by atoms with Gasteiger partial charge in [0.05, 0.1) is 23.5 Å². The Labute approximate surface area is 202 Å². The summed E-state index contributed by atoms with van der Waals surface area (Å²) >= 11 is 6.33. The molecule has 174 valence electrons. The summed E-state index contributed by atoms with van der Waals surface area (Å²) in [6, 6.07) is 17.5. The number of hydrogen-bond donors (Lipinski definition) is 0. The van der Waals surface area contributed by atoms with E-state index in [9.17, 15) is 4.79 Å². The summed E-state index contributed by atoms with van der Waals surface area (Å²) in [4.78, 5) is 17.4. The number of rotatable bonds is 5. The molecule has 0 aliphatic carbocycles. The summed E-state index contributed by atoms with van der Waals surface area (Å²) in [6.07, 6.45) is 0. The number of piperazine rings is 1. The molecule has 3 heterocycles. The van der Waals surface area contributed by atoms with Gasteiger partial charge in [0, 0.05) is 36.9 Å². The number of carbonyl (C=O) groups excluding carboxylic acids is 1. The smallest absolute Gasteiger partial charge is 0.257 e. The first-order valence-corrected chi connectivity index (χ1v) is 11.6. The average molecular weight is 477 g/mol. The first-order chi connectivity index (χ1) is 16.5. The molecule has 1 saturated heterocycles. The van der Waals surface area contributed by atoms with Crippen molar-refractivity contribution < 1.29 is 4.79 Å². The normalized spacial score (nSPS) is 14.0. The highest BCUT2D eigenvalue weighted by Gasteiger charge is 2.29. The Hall–Kier alpha value is -3.72. The van der Waals surface area contributed by atoms with Crippen molar-refractivity contribution in [2.24, 2.45) is 0 Å². The van der Waals surface area contributed by atoms with Gasteiger partial charge in [-0.25, -0.2) is 0 Å². The molecule has 1 amide bonds. The topological polar surface area (TPSA) is 85.0 Å². The first kappa shape index (κ1) is 22.1. The summed E-state index contributed by atoms with van der Waals surface area (Å²) in [5, 5.41) is 17.6. The zero-order valence-electron chi connectivity index (χ0n) is 19.1. The number of amides is 1. The summed E-state index contributed by atoms with van der Waals surface area (Å²) in [6.45, 7) is 6.79. The van der Waals surface area contributed by atoms with Crippen molar-refractivity contribution in [3.63, 3.8) is 0 Å². The number of tetrazole rings is 1. The first-order valence-electron chi connectivity index (χ1n) is 11.2. The van der Waals surface area contributed by atoms with Crippen molar-refractivity contribution >= 4 is 23.5 Å². The van der Waals surface area contributed by atoms with Gasteiger partial charge in [0.15, 0.2) is 0 Å². The largest absolute Gasteiger partial charge is 0.336 e. The zero-order chi connectivity index (χ0) is 23.7. The van der Waals surface area contributed by atoms with Crippen LogP contribution in [0.1, 0.15) is 27.3 Å². The zero-order valence-corrected chi connectivity index (χ0v) is 19.9. The summed E-state index contributed by atoms with van der Waals surface area (Å²) in [5.41, 5.74) is 4.11. The van der Waals surface area contributed by atoms with Crippen LogP contribution in [0.2, 0.25) is 5.02 Å². The standard InChI is InChI=1S/C24H25ClN8O/c1-17-22(18(2)32(27-17)16-19-8-6-7-11-21(19)25)23(34)30-12-14-31(15-13-30)24-26-28-29-33(24)20-9-4-3-5-10-20/h3-11H,12-16H2,1-2H3. The van der Waals surface area contributed by atoms with Gasteiger partial charge in [0.1, 0.15) is 0 Å². The summed E-state index contributed by atoms with van der Waals surface area (Å²) < 4.78 is 3.58. The molecule has 0 N–H and O–H groups in total. The number of carbonyl (C=O) groups is 1. The van der Waals surface area contributed by atoms with Crippen LogP contribution in [0, 0.1) is 13.8 Å². The average Bonchev–Trinajstić information content (AvgIpc) is 3.45. The van der Waals surface area contributed by atoms with Crippen LogP contribution in [0.25, 0.3) is 5.69 Å². The molecule has 2 aromatic carbocycles. The number of aryl methyl sites for hydroxylation is 1. The van der Waals surface area contributed by atoms with Crippen LogP contribution in [0.3, 0.4) is 0 Å². The van der Waals surface area contributed by atoms with Gasteiger partial charge in [-0.15, -0.1) is 0 Å². The fraction of sp³-hybridized carbons (Fsp3) is 0.292. The Morgan fingerprint density at radius 1 is 0.971 bits per heavy atom. The Balaban J connectivity index is 1.30. The van der Waals surface area contributed by atoms with E-state index in [-0.39, 0.29) is 5.91 Å². The molecule has 0 unspecified atom stereocenters. The lowest BCUT2D eigenvalue weighted by Crippen LogP contribution is -2.49. The maximum absolute atomic E-state index is 13.4. The van der Waals surface area contributed by atoms with Gasteiger partial charge in [-0.05, 0) is 48.0 Å². The quantitative estimate of drug-likeness (QED) is 0.440. The van der Waals surface area contributed by atoms with Crippen molar-refractivity contribution in [3.8, 4) is 5.69 Å². The van der Waals surface area contributed by atoms with Crippen molar-refractivity contribution in [3.05, 3.63) is 82.1 Å². The van der Waals surface area contributed by atoms with Crippen LogP contribution in [0.4, 0.5) is 5.95 Å². The lowest BCUT2D eigenvalue weighted by molar-refractivity contribution is 0.0744. The van der Waals surface area contributed by atoms with Crippen LogP contribution in [0.15, 0.2) is 54.6 Å². The number of benzene rings is 2. The van der Waals surface area contributed by atoms with E-state index in [0.29, 0.717) is 49.3 Å². The van der Waals surface area contributed by atoms with Crippen molar-refractivity contribution in [2.45, 2.75) is 20.4 Å². The van der Waals surface area contributed by atoms with Crippen LogP contribution in [-0.4, -0.2) is 67.0 Å².